The van der Waals surface area contributed by atoms with Gasteiger partial charge in [-0.25, -0.2) is 0 Å². The molecule has 4 heteroatoms. The third kappa shape index (κ3) is 4.66. The maximum atomic E-state index is 11.1. The third-order valence-corrected chi connectivity index (χ3v) is 10.2. The van der Waals surface area contributed by atoms with Crippen molar-refractivity contribution in [3.8, 4) is 0 Å². The molecule has 0 saturated carbocycles. The largest absolute Gasteiger partial charge is 0.481 e. The summed E-state index contributed by atoms with van der Waals surface area (Å²) in [5.74, 6) is -0.824. The van der Waals surface area contributed by atoms with E-state index in [0.29, 0.717) is 6.61 Å². The number of carbonyl (C=O) groups is 1. The number of carboxylic acid groups (broad SMARTS) is 1. The number of hydrogen-bond acceptors (Lipinski definition) is 2. The summed E-state index contributed by atoms with van der Waals surface area (Å²) >= 11 is 0. The molecular weight excluding hydrogens is 376 g/mol. The molecule has 150 valence electrons. The molecule has 0 atom stereocenters. The summed E-state index contributed by atoms with van der Waals surface area (Å²) in [7, 11) is -2.60. The van der Waals surface area contributed by atoms with Gasteiger partial charge in [0.15, 0.2) is 0 Å². The zero-order chi connectivity index (χ0) is 20.9. The third-order valence-electron chi connectivity index (χ3n) is 5.22. The SMILES string of the molecule is CC(C)(C)[Si](OCc1cccc(CC(=O)O)c1)(c1ccccc1)c1ccccc1. The fraction of sp³-hybridized carbons (Fsp3) is 0.240. The number of carboxylic acids is 1. The topological polar surface area (TPSA) is 46.5 Å². The van der Waals surface area contributed by atoms with E-state index in [4.69, 9.17) is 9.53 Å². The van der Waals surface area contributed by atoms with Gasteiger partial charge in [0.2, 0.25) is 0 Å². The van der Waals surface area contributed by atoms with Crippen molar-refractivity contribution in [3.63, 3.8) is 0 Å². The minimum atomic E-state index is -2.60. The summed E-state index contributed by atoms with van der Waals surface area (Å²) in [6.45, 7) is 7.20. The molecule has 1 N–H and O–H groups in total. The van der Waals surface area contributed by atoms with Gasteiger partial charge >= 0.3 is 5.97 Å². The predicted molar refractivity (Wildman–Crippen MR) is 120 cm³/mol. The predicted octanol–water partition coefficient (Wildman–Crippen LogP) is 4.39. The van der Waals surface area contributed by atoms with Crippen LogP contribution in [0.15, 0.2) is 84.9 Å². The van der Waals surface area contributed by atoms with Gasteiger partial charge in [0.05, 0.1) is 13.0 Å². The van der Waals surface area contributed by atoms with Crippen molar-refractivity contribution >= 4 is 24.7 Å². The van der Waals surface area contributed by atoms with Gasteiger partial charge in [0, 0.05) is 0 Å². The van der Waals surface area contributed by atoms with E-state index in [9.17, 15) is 4.79 Å². The highest BCUT2D eigenvalue weighted by molar-refractivity contribution is 6.99. The van der Waals surface area contributed by atoms with Crippen LogP contribution in [-0.2, 0) is 22.2 Å². The van der Waals surface area contributed by atoms with Crippen molar-refractivity contribution in [2.75, 3.05) is 0 Å². The molecule has 0 radical (unpaired) electrons. The average molecular weight is 405 g/mol. The highest BCUT2D eigenvalue weighted by Gasteiger charge is 2.50. The highest BCUT2D eigenvalue weighted by Crippen LogP contribution is 2.37. The molecule has 0 heterocycles. The van der Waals surface area contributed by atoms with E-state index in [1.807, 2.05) is 36.4 Å². The number of hydrogen-bond donors (Lipinski definition) is 1. The Labute approximate surface area is 174 Å². The lowest BCUT2D eigenvalue weighted by atomic mass is 10.1. The van der Waals surface area contributed by atoms with E-state index in [1.165, 1.54) is 10.4 Å². The fourth-order valence-electron chi connectivity index (χ4n) is 3.96. The monoisotopic (exact) mass is 404 g/mol. The van der Waals surface area contributed by atoms with Crippen LogP contribution >= 0.6 is 0 Å². The van der Waals surface area contributed by atoms with E-state index in [2.05, 4.69) is 69.3 Å². The van der Waals surface area contributed by atoms with Gasteiger partial charge in [-0.3, -0.25) is 4.79 Å². The summed E-state index contributed by atoms with van der Waals surface area (Å²) in [5, 5.41) is 11.5. The molecule has 3 rings (SSSR count). The van der Waals surface area contributed by atoms with Crippen molar-refractivity contribution in [2.45, 2.75) is 38.8 Å². The molecule has 0 aliphatic carbocycles. The van der Waals surface area contributed by atoms with Crippen LogP contribution < -0.4 is 10.4 Å². The van der Waals surface area contributed by atoms with Crippen LogP contribution in [0, 0.1) is 0 Å². The second-order valence-electron chi connectivity index (χ2n) is 8.34. The number of aliphatic carboxylic acids is 1. The lowest BCUT2D eigenvalue weighted by Crippen LogP contribution is -2.66. The molecule has 0 saturated heterocycles. The van der Waals surface area contributed by atoms with Crippen LogP contribution in [0.25, 0.3) is 0 Å². The van der Waals surface area contributed by atoms with E-state index in [-0.39, 0.29) is 11.5 Å². The van der Waals surface area contributed by atoms with E-state index < -0.39 is 14.3 Å². The zero-order valence-electron chi connectivity index (χ0n) is 17.3. The lowest BCUT2D eigenvalue weighted by Gasteiger charge is -2.43. The van der Waals surface area contributed by atoms with Gasteiger partial charge in [0.1, 0.15) is 0 Å². The molecule has 0 aliphatic rings. The second kappa shape index (κ2) is 8.76. The quantitative estimate of drug-likeness (QED) is 0.594. The van der Waals surface area contributed by atoms with Crippen LogP contribution in [0.2, 0.25) is 5.04 Å². The van der Waals surface area contributed by atoms with Crippen LogP contribution in [-0.4, -0.2) is 19.4 Å². The molecule has 0 aromatic heterocycles. The normalized spacial score (nSPS) is 12.0. The van der Waals surface area contributed by atoms with Crippen LogP contribution in [0.4, 0.5) is 0 Å². The Hall–Kier alpha value is -2.69. The molecule has 0 bridgehead atoms. The number of rotatable bonds is 7. The van der Waals surface area contributed by atoms with Gasteiger partial charge < -0.3 is 9.53 Å². The van der Waals surface area contributed by atoms with Crippen molar-refractivity contribution in [3.05, 3.63) is 96.1 Å². The first-order chi connectivity index (χ1) is 13.8. The molecule has 3 aromatic rings. The van der Waals surface area contributed by atoms with Gasteiger partial charge in [-0.1, -0.05) is 106 Å². The molecule has 3 aromatic carbocycles. The standard InChI is InChI=1S/C25H28O3Si/c1-25(2,3)29(22-13-6-4-7-14-22,23-15-8-5-9-16-23)28-19-21-12-10-11-20(17-21)18-24(26)27/h4-17H,18-19H2,1-3H3,(H,26,27). The van der Waals surface area contributed by atoms with Gasteiger partial charge in [0.25, 0.3) is 8.32 Å². The molecule has 0 unspecified atom stereocenters. The van der Waals surface area contributed by atoms with Crippen molar-refractivity contribution < 1.29 is 14.3 Å². The highest BCUT2D eigenvalue weighted by atomic mass is 28.4. The van der Waals surface area contributed by atoms with E-state index in [0.717, 1.165) is 11.1 Å². The first kappa shape index (κ1) is 21.0. The van der Waals surface area contributed by atoms with Crippen LogP contribution in [0.3, 0.4) is 0 Å². The van der Waals surface area contributed by atoms with Gasteiger partial charge in [-0.15, -0.1) is 0 Å². The summed E-state index contributed by atoms with van der Waals surface area (Å²) in [6, 6.07) is 28.7. The van der Waals surface area contributed by atoms with E-state index >= 15 is 0 Å². The Bertz CT molecular complexity index is 907. The Kier molecular flexibility index (Phi) is 6.35. The first-order valence-electron chi connectivity index (χ1n) is 9.87. The Morgan fingerprint density at radius 2 is 1.34 bits per heavy atom. The number of benzene rings is 3. The molecule has 0 spiro atoms. The Morgan fingerprint density at radius 1 is 0.828 bits per heavy atom. The van der Waals surface area contributed by atoms with E-state index in [1.54, 1.807) is 0 Å². The molecule has 29 heavy (non-hydrogen) atoms. The average Bonchev–Trinajstić information content (AvgIpc) is 2.69. The summed E-state index contributed by atoms with van der Waals surface area (Å²) in [5.41, 5.74) is 1.79. The second-order valence-corrected chi connectivity index (χ2v) is 12.6. The Morgan fingerprint density at radius 3 is 1.83 bits per heavy atom. The Balaban J connectivity index is 2.04. The first-order valence-corrected chi connectivity index (χ1v) is 11.8. The summed E-state index contributed by atoms with van der Waals surface area (Å²) in [4.78, 5) is 11.1. The summed E-state index contributed by atoms with van der Waals surface area (Å²) in [6.07, 6.45) is 0.0209. The molecular formula is C25H28O3Si. The van der Waals surface area contributed by atoms with Crippen LogP contribution in [0.5, 0.6) is 0 Å². The lowest BCUT2D eigenvalue weighted by molar-refractivity contribution is -0.136. The van der Waals surface area contributed by atoms with Gasteiger partial charge in [-0.05, 0) is 26.5 Å². The van der Waals surface area contributed by atoms with Gasteiger partial charge in [-0.2, -0.15) is 0 Å². The molecule has 0 fully saturated rings. The minimum absolute atomic E-state index is 0.0209. The van der Waals surface area contributed by atoms with Crippen LogP contribution in [0.1, 0.15) is 31.9 Å². The maximum absolute atomic E-state index is 11.1. The molecule has 3 nitrogen and oxygen atoms in total. The fourth-order valence-corrected chi connectivity index (χ4v) is 8.50. The molecule has 0 amide bonds. The maximum Gasteiger partial charge on any atom is 0.307 e. The minimum Gasteiger partial charge on any atom is -0.481 e. The molecule has 0 aliphatic heterocycles. The summed E-state index contributed by atoms with van der Waals surface area (Å²) < 4.78 is 6.90. The smallest absolute Gasteiger partial charge is 0.307 e. The zero-order valence-corrected chi connectivity index (χ0v) is 18.3. The van der Waals surface area contributed by atoms with Crippen molar-refractivity contribution in [1.29, 1.82) is 0 Å². The van der Waals surface area contributed by atoms with Crippen molar-refractivity contribution in [2.24, 2.45) is 0 Å². The van der Waals surface area contributed by atoms with Crippen molar-refractivity contribution in [1.82, 2.24) is 0 Å².